The SMILES string of the molecule is C[C@@H](c1cnc(-c2cc(Oc3c(F)cc4[nH]ccc4c3S(C)(=O)=O)ccc2F)[nH]1)c1cccc(CC(=O)O)c1F. The second kappa shape index (κ2) is 10.2. The highest BCUT2D eigenvalue weighted by Crippen LogP contribution is 2.38. The average Bonchev–Trinajstić information content (AvgIpc) is 3.55. The molecule has 0 aliphatic rings. The van der Waals surface area contributed by atoms with E-state index in [0.717, 1.165) is 18.4 Å². The molecule has 0 fully saturated rings. The molecule has 2 aromatic heterocycles. The van der Waals surface area contributed by atoms with Crippen LogP contribution in [0, 0.1) is 17.5 Å². The van der Waals surface area contributed by atoms with Gasteiger partial charge in [0.25, 0.3) is 0 Å². The van der Waals surface area contributed by atoms with Crippen LogP contribution in [-0.4, -0.2) is 40.7 Å². The number of aliphatic carboxylic acids is 1. The molecule has 206 valence electrons. The molecule has 0 saturated carbocycles. The Morgan fingerprint density at radius 1 is 1.10 bits per heavy atom. The second-order valence-corrected chi connectivity index (χ2v) is 11.2. The van der Waals surface area contributed by atoms with Crippen LogP contribution in [0.4, 0.5) is 13.2 Å². The van der Waals surface area contributed by atoms with Crippen molar-refractivity contribution in [1.82, 2.24) is 15.0 Å². The number of hydrogen-bond acceptors (Lipinski definition) is 5. The van der Waals surface area contributed by atoms with E-state index in [-0.39, 0.29) is 44.1 Å². The van der Waals surface area contributed by atoms with Crippen LogP contribution in [0.2, 0.25) is 0 Å². The number of sulfone groups is 1. The summed E-state index contributed by atoms with van der Waals surface area (Å²) in [5.74, 6) is -4.54. The number of fused-ring (bicyclic) bond motifs is 1. The molecule has 0 aliphatic carbocycles. The lowest BCUT2D eigenvalue weighted by Gasteiger charge is -2.14. The van der Waals surface area contributed by atoms with E-state index in [1.165, 1.54) is 42.7 Å². The zero-order valence-corrected chi connectivity index (χ0v) is 21.9. The number of hydrogen-bond donors (Lipinski definition) is 3. The summed E-state index contributed by atoms with van der Waals surface area (Å²) < 4.78 is 75.6. The summed E-state index contributed by atoms with van der Waals surface area (Å²) in [5.41, 5.74) is 0.907. The van der Waals surface area contributed by atoms with Gasteiger partial charge >= 0.3 is 5.97 Å². The van der Waals surface area contributed by atoms with E-state index in [1.807, 2.05) is 0 Å². The standard InChI is InChI=1S/C28H22F3N3O5S/c1-14(17-5-3-4-15(25(17)31)10-24(35)36)23-13-33-28(34-23)19-11-16(6-7-20(19)29)39-26-21(30)12-22-18(8-9-32-22)27(26)40(2,37)38/h3-9,11-14,32H,10H2,1-2H3,(H,33,34)(H,35,36)/t14-/m1/s1. The van der Waals surface area contributed by atoms with E-state index in [9.17, 15) is 26.4 Å². The van der Waals surface area contributed by atoms with Gasteiger partial charge in [0.1, 0.15) is 28.1 Å². The Bertz CT molecular complexity index is 1880. The number of nitrogens with one attached hydrogen (secondary N) is 2. The van der Waals surface area contributed by atoms with E-state index in [1.54, 1.807) is 13.0 Å². The van der Waals surface area contributed by atoms with Gasteiger partial charge in [0.05, 0.1) is 12.0 Å². The quantitative estimate of drug-likeness (QED) is 0.212. The van der Waals surface area contributed by atoms with E-state index < -0.39 is 51.3 Å². The predicted octanol–water partition coefficient (Wildman–Crippen LogP) is 5.95. The number of benzene rings is 3. The van der Waals surface area contributed by atoms with Gasteiger partial charge in [-0.3, -0.25) is 4.79 Å². The molecule has 0 saturated heterocycles. The molecule has 3 N–H and O–H groups in total. The highest BCUT2D eigenvalue weighted by Gasteiger charge is 2.25. The van der Waals surface area contributed by atoms with Gasteiger partial charge in [-0.15, -0.1) is 0 Å². The number of aromatic nitrogens is 3. The van der Waals surface area contributed by atoms with Crippen molar-refractivity contribution in [2.45, 2.75) is 24.2 Å². The smallest absolute Gasteiger partial charge is 0.307 e. The predicted molar refractivity (Wildman–Crippen MR) is 141 cm³/mol. The number of nitrogens with zero attached hydrogens (tertiary/aromatic N) is 1. The maximum atomic E-state index is 15.0. The van der Waals surface area contributed by atoms with Crippen molar-refractivity contribution >= 4 is 26.7 Å². The molecular formula is C28H22F3N3O5S. The van der Waals surface area contributed by atoms with Gasteiger partial charge in [-0.1, -0.05) is 25.1 Å². The van der Waals surface area contributed by atoms with Crippen LogP contribution in [-0.2, 0) is 21.1 Å². The van der Waals surface area contributed by atoms with Crippen molar-refractivity contribution in [3.63, 3.8) is 0 Å². The first-order valence-electron chi connectivity index (χ1n) is 12.0. The first-order valence-corrected chi connectivity index (χ1v) is 13.8. The highest BCUT2D eigenvalue weighted by atomic mass is 32.2. The molecule has 12 heteroatoms. The number of carboxylic acid groups (broad SMARTS) is 1. The number of ether oxygens (including phenoxy) is 1. The third kappa shape index (κ3) is 5.05. The molecule has 0 aliphatic heterocycles. The zero-order chi connectivity index (χ0) is 28.8. The van der Waals surface area contributed by atoms with E-state index in [0.29, 0.717) is 5.69 Å². The molecule has 0 amide bonds. The topological polar surface area (TPSA) is 125 Å². The Labute approximate surface area is 226 Å². The normalized spacial score (nSPS) is 12.5. The minimum atomic E-state index is -3.93. The Kier molecular flexibility index (Phi) is 6.88. The summed E-state index contributed by atoms with van der Waals surface area (Å²) in [7, 11) is -3.93. The summed E-state index contributed by atoms with van der Waals surface area (Å²) in [4.78, 5) is 20.6. The number of H-pyrrole nitrogens is 2. The molecule has 2 heterocycles. The number of carbonyl (C=O) groups is 1. The van der Waals surface area contributed by atoms with Crippen LogP contribution in [0.1, 0.15) is 29.7 Å². The van der Waals surface area contributed by atoms with Gasteiger partial charge in [-0.25, -0.2) is 26.6 Å². The number of halogens is 3. The summed E-state index contributed by atoms with van der Waals surface area (Å²) in [6, 6.07) is 10.6. The maximum absolute atomic E-state index is 15.0. The van der Waals surface area contributed by atoms with E-state index in [4.69, 9.17) is 9.84 Å². The molecule has 1 atom stereocenters. The molecule has 0 bridgehead atoms. The van der Waals surface area contributed by atoms with Crippen molar-refractivity contribution in [3.8, 4) is 22.9 Å². The fourth-order valence-corrected chi connectivity index (χ4v) is 5.60. The largest absolute Gasteiger partial charge is 0.481 e. The Morgan fingerprint density at radius 2 is 1.88 bits per heavy atom. The molecular weight excluding hydrogens is 547 g/mol. The van der Waals surface area contributed by atoms with Crippen molar-refractivity contribution < 1.29 is 36.2 Å². The third-order valence-corrected chi connectivity index (χ3v) is 7.63. The van der Waals surface area contributed by atoms with E-state index in [2.05, 4.69) is 15.0 Å². The van der Waals surface area contributed by atoms with Crippen molar-refractivity contribution in [3.05, 3.63) is 95.2 Å². The summed E-state index contributed by atoms with van der Waals surface area (Å²) in [6.07, 6.45) is 3.33. The molecule has 0 radical (unpaired) electrons. The second-order valence-electron chi connectivity index (χ2n) is 9.27. The first kappa shape index (κ1) is 27.0. The van der Waals surface area contributed by atoms with Crippen LogP contribution in [0.15, 0.2) is 65.8 Å². The number of aromatic amines is 2. The maximum Gasteiger partial charge on any atom is 0.307 e. The number of imidazole rings is 1. The summed E-state index contributed by atoms with van der Waals surface area (Å²) >= 11 is 0. The van der Waals surface area contributed by atoms with Gasteiger partial charge in [0.2, 0.25) is 0 Å². The highest BCUT2D eigenvalue weighted by molar-refractivity contribution is 7.91. The molecule has 5 rings (SSSR count). The van der Waals surface area contributed by atoms with Gasteiger partial charge in [-0.05, 0) is 35.4 Å². The Balaban J connectivity index is 1.50. The van der Waals surface area contributed by atoms with Crippen LogP contribution in [0.5, 0.6) is 11.5 Å². The fourth-order valence-electron chi connectivity index (χ4n) is 4.55. The molecule has 8 nitrogen and oxygen atoms in total. The lowest BCUT2D eigenvalue weighted by Crippen LogP contribution is -2.07. The summed E-state index contributed by atoms with van der Waals surface area (Å²) in [5, 5.41) is 9.28. The minimum Gasteiger partial charge on any atom is -0.481 e. The van der Waals surface area contributed by atoms with Gasteiger partial charge < -0.3 is 19.8 Å². The Morgan fingerprint density at radius 3 is 2.60 bits per heavy atom. The van der Waals surface area contributed by atoms with Gasteiger partial charge in [0, 0.05) is 47.2 Å². The fraction of sp³-hybridized carbons (Fsp3) is 0.143. The summed E-state index contributed by atoms with van der Waals surface area (Å²) in [6.45, 7) is 1.68. The van der Waals surface area contributed by atoms with Crippen molar-refractivity contribution in [2.24, 2.45) is 0 Å². The van der Waals surface area contributed by atoms with Crippen molar-refractivity contribution in [1.29, 1.82) is 0 Å². The number of rotatable bonds is 8. The molecule has 3 aromatic carbocycles. The van der Waals surface area contributed by atoms with Crippen LogP contribution >= 0.6 is 0 Å². The minimum absolute atomic E-state index is 0.0333. The molecule has 5 aromatic rings. The first-order chi connectivity index (χ1) is 18.9. The molecule has 0 spiro atoms. The lowest BCUT2D eigenvalue weighted by molar-refractivity contribution is -0.136. The molecule has 40 heavy (non-hydrogen) atoms. The average molecular weight is 570 g/mol. The number of carboxylic acids is 1. The Hall–Kier alpha value is -4.58. The van der Waals surface area contributed by atoms with Gasteiger partial charge in [-0.2, -0.15) is 0 Å². The van der Waals surface area contributed by atoms with Gasteiger partial charge in [0.15, 0.2) is 21.4 Å². The van der Waals surface area contributed by atoms with Crippen molar-refractivity contribution in [2.75, 3.05) is 6.26 Å². The molecule has 0 unspecified atom stereocenters. The van der Waals surface area contributed by atoms with Crippen LogP contribution < -0.4 is 4.74 Å². The third-order valence-electron chi connectivity index (χ3n) is 6.48. The zero-order valence-electron chi connectivity index (χ0n) is 21.1. The van der Waals surface area contributed by atoms with Crippen LogP contribution in [0.25, 0.3) is 22.3 Å². The monoisotopic (exact) mass is 569 g/mol. The van der Waals surface area contributed by atoms with E-state index >= 15 is 0 Å². The lowest BCUT2D eigenvalue weighted by atomic mass is 9.95. The van der Waals surface area contributed by atoms with Crippen LogP contribution in [0.3, 0.4) is 0 Å².